The van der Waals surface area contributed by atoms with Gasteiger partial charge in [-0.2, -0.15) is 0 Å². The molecule has 0 spiro atoms. The molecule has 0 radical (unpaired) electrons. The van der Waals surface area contributed by atoms with E-state index in [1.807, 2.05) is 48.5 Å². The minimum absolute atomic E-state index is 0.119. The zero-order chi connectivity index (χ0) is 24.4. The Morgan fingerprint density at radius 2 is 1.17 bits per heavy atom. The summed E-state index contributed by atoms with van der Waals surface area (Å²) in [6, 6.07) is 21.3. The fraction of sp³-hybridized carbons (Fsp3) is 0.241. The second-order valence-electron chi connectivity index (χ2n) is 9.46. The fourth-order valence-corrected chi connectivity index (χ4v) is 6.23. The van der Waals surface area contributed by atoms with Crippen molar-refractivity contribution in [2.75, 3.05) is 0 Å². The van der Waals surface area contributed by atoms with Crippen LogP contribution in [0.25, 0.3) is 0 Å². The molecule has 0 aromatic heterocycles. The van der Waals surface area contributed by atoms with Gasteiger partial charge >= 0.3 is 5.97 Å². The monoisotopic (exact) mass is 465 g/mol. The van der Waals surface area contributed by atoms with Crippen molar-refractivity contribution in [3.63, 3.8) is 0 Å². The number of carbonyl (C=O) groups is 4. The van der Waals surface area contributed by atoms with E-state index in [0.29, 0.717) is 0 Å². The SMILES string of the molecule is CC(=O)c1ccccc1OC(=O)[C@H](C)N1C(=O)[C@H]2C3c4ccccc4C(c4ccccc43)[C@@H]2C1=O. The zero-order valence-corrected chi connectivity index (χ0v) is 19.3. The van der Waals surface area contributed by atoms with Crippen LogP contribution in [0.1, 0.15) is 58.3 Å². The summed E-state index contributed by atoms with van der Waals surface area (Å²) in [7, 11) is 0. The van der Waals surface area contributed by atoms with Crippen molar-refractivity contribution in [1.29, 1.82) is 0 Å². The summed E-state index contributed by atoms with van der Waals surface area (Å²) >= 11 is 0. The van der Waals surface area contributed by atoms with E-state index in [4.69, 9.17) is 4.74 Å². The molecule has 35 heavy (non-hydrogen) atoms. The summed E-state index contributed by atoms with van der Waals surface area (Å²) in [5.41, 5.74) is 4.57. The number of esters is 1. The largest absolute Gasteiger partial charge is 0.424 e. The van der Waals surface area contributed by atoms with Gasteiger partial charge in [0.1, 0.15) is 11.8 Å². The molecule has 174 valence electrons. The lowest BCUT2D eigenvalue weighted by atomic mass is 9.55. The lowest BCUT2D eigenvalue weighted by molar-refractivity contribution is -0.152. The van der Waals surface area contributed by atoms with Crippen molar-refractivity contribution in [3.8, 4) is 5.75 Å². The van der Waals surface area contributed by atoms with Crippen LogP contribution in [0.4, 0.5) is 0 Å². The third-order valence-electron chi connectivity index (χ3n) is 7.69. The van der Waals surface area contributed by atoms with Gasteiger partial charge in [-0.1, -0.05) is 60.7 Å². The number of rotatable bonds is 4. The van der Waals surface area contributed by atoms with Gasteiger partial charge in [0.15, 0.2) is 5.78 Å². The maximum absolute atomic E-state index is 13.8. The number of nitrogens with zero attached hydrogens (tertiary/aromatic N) is 1. The van der Waals surface area contributed by atoms with Gasteiger partial charge in [0, 0.05) is 11.8 Å². The van der Waals surface area contributed by atoms with Crippen molar-refractivity contribution in [2.45, 2.75) is 31.7 Å². The second kappa shape index (κ2) is 7.73. The first-order valence-corrected chi connectivity index (χ1v) is 11.8. The average Bonchev–Trinajstić information content (AvgIpc) is 3.14. The number of hydrogen-bond acceptors (Lipinski definition) is 5. The average molecular weight is 466 g/mol. The number of likely N-dealkylation sites (tertiary alicyclic amines) is 1. The van der Waals surface area contributed by atoms with Gasteiger partial charge in [0.25, 0.3) is 0 Å². The van der Waals surface area contributed by atoms with Gasteiger partial charge in [-0.15, -0.1) is 0 Å². The normalized spacial score (nSPS) is 24.5. The Hall–Kier alpha value is -4.06. The molecule has 3 aromatic carbocycles. The Morgan fingerprint density at radius 3 is 1.63 bits per heavy atom. The Morgan fingerprint density at radius 1 is 0.743 bits per heavy atom. The summed E-state index contributed by atoms with van der Waals surface area (Å²) in [6.45, 7) is 2.90. The molecule has 0 N–H and O–H groups in total. The molecule has 1 saturated heterocycles. The van der Waals surface area contributed by atoms with Gasteiger partial charge in [-0.3, -0.25) is 19.3 Å². The third-order valence-corrected chi connectivity index (χ3v) is 7.69. The predicted molar refractivity (Wildman–Crippen MR) is 127 cm³/mol. The smallest absolute Gasteiger partial charge is 0.334 e. The maximum atomic E-state index is 13.8. The van der Waals surface area contributed by atoms with Crippen LogP contribution in [0.5, 0.6) is 5.75 Å². The number of amides is 2. The van der Waals surface area contributed by atoms with Crippen molar-refractivity contribution in [3.05, 3.63) is 101 Å². The van der Waals surface area contributed by atoms with Crippen LogP contribution in [-0.4, -0.2) is 34.5 Å². The van der Waals surface area contributed by atoms with Crippen molar-refractivity contribution < 1.29 is 23.9 Å². The maximum Gasteiger partial charge on any atom is 0.334 e. The predicted octanol–water partition coefficient (Wildman–Crippen LogP) is 4.08. The summed E-state index contributed by atoms with van der Waals surface area (Å²) in [5, 5.41) is 0. The van der Waals surface area contributed by atoms with Crippen LogP contribution >= 0.6 is 0 Å². The van der Waals surface area contributed by atoms with Gasteiger partial charge in [-0.25, -0.2) is 4.79 Å². The van der Waals surface area contributed by atoms with Gasteiger partial charge in [0.2, 0.25) is 11.8 Å². The van der Waals surface area contributed by atoms with E-state index in [2.05, 4.69) is 0 Å². The summed E-state index contributed by atoms with van der Waals surface area (Å²) in [6.07, 6.45) is 0. The molecular formula is C29H23NO5. The molecule has 7 rings (SSSR count). The highest BCUT2D eigenvalue weighted by Gasteiger charge is 2.62. The van der Waals surface area contributed by atoms with E-state index in [0.717, 1.165) is 27.2 Å². The molecule has 1 fully saturated rings. The molecule has 1 aliphatic heterocycles. The van der Waals surface area contributed by atoms with E-state index >= 15 is 0 Å². The summed E-state index contributed by atoms with van der Waals surface area (Å²) in [4.78, 5) is 53.7. The van der Waals surface area contributed by atoms with E-state index in [-0.39, 0.29) is 40.7 Å². The van der Waals surface area contributed by atoms with Crippen LogP contribution in [0.2, 0.25) is 0 Å². The molecule has 3 aliphatic carbocycles. The number of imide groups is 1. The summed E-state index contributed by atoms with van der Waals surface area (Å²) < 4.78 is 5.52. The minimum Gasteiger partial charge on any atom is -0.424 e. The molecule has 3 aromatic rings. The fourth-order valence-electron chi connectivity index (χ4n) is 6.23. The highest BCUT2D eigenvalue weighted by Crippen LogP contribution is 2.61. The number of carbonyl (C=O) groups excluding carboxylic acids is 4. The molecule has 4 aliphatic rings. The molecule has 6 heteroatoms. The lowest BCUT2D eigenvalue weighted by Crippen LogP contribution is -2.45. The molecule has 1 heterocycles. The molecule has 6 nitrogen and oxygen atoms in total. The van der Waals surface area contributed by atoms with Crippen LogP contribution in [0.15, 0.2) is 72.8 Å². The number of ether oxygens (including phenoxy) is 1. The summed E-state index contributed by atoms with van der Waals surface area (Å²) in [5.74, 6) is -3.15. The molecule has 0 unspecified atom stereocenters. The number of ketones is 1. The second-order valence-corrected chi connectivity index (χ2v) is 9.46. The standard InChI is InChI=1S/C29H23NO5/c1-15(29(34)35-22-14-8-7-9-17(22)16(2)31)30-27(32)25-23-18-10-3-4-11-19(18)24(26(25)28(30)33)21-13-6-5-12-20(21)23/h3-15,23-26H,1-2H3/t15-,23?,24?,25-,26-/m0/s1. The Labute approximate surface area is 202 Å². The van der Waals surface area contributed by atoms with E-state index < -0.39 is 23.8 Å². The molecule has 2 amide bonds. The first-order valence-electron chi connectivity index (χ1n) is 11.8. The highest BCUT2D eigenvalue weighted by molar-refractivity contribution is 6.10. The topological polar surface area (TPSA) is 80.8 Å². The molecule has 3 atom stereocenters. The number of hydrogen-bond donors (Lipinski definition) is 0. The van der Waals surface area contributed by atoms with E-state index in [1.54, 1.807) is 18.2 Å². The quantitative estimate of drug-likeness (QED) is 0.251. The van der Waals surface area contributed by atoms with Crippen molar-refractivity contribution in [2.24, 2.45) is 11.8 Å². The number of Topliss-reactive ketones (excluding diaryl/α,β-unsaturated/α-hetero) is 1. The Bertz CT molecular complexity index is 1310. The van der Waals surface area contributed by atoms with Crippen molar-refractivity contribution in [1.82, 2.24) is 4.90 Å². The third kappa shape index (κ3) is 2.95. The van der Waals surface area contributed by atoms with Gasteiger partial charge < -0.3 is 4.74 Å². The first-order chi connectivity index (χ1) is 16.9. The van der Waals surface area contributed by atoms with Crippen LogP contribution < -0.4 is 4.74 Å². The first kappa shape index (κ1) is 21.5. The number of para-hydroxylation sites is 1. The molecule has 2 bridgehead atoms. The number of benzene rings is 3. The van der Waals surface area contributed by atoms with Crippen LogP contribution in [0.3, 0.4) is 0 Å². The van der Waals surface area contributed by atoms with Gasteiger partial charge in [0.05, 0.1) is 17.4 Å². The van der Waals surface area contributed by atoms with Crippen molar-refractivity contribution >= 4 is 23.6 Å². The minimum atomic E-state index is -1.12. The Kier molecular flexibility index (Phi) is 4.74. The van der Waals surface area contributed by atoms with Crippen LogP contribution in [-0.2, 0) is 14.4 Å². The van der Waals surface area contributed by atoms with E-state index in [9.17, 15) is 19.2 Å². The van der Waals surface area contributed by atoms with E-state index in [1.165, 1.54) is 19.9 Å². The molecular weight excluding hydrogens is 442 g/mol. The highest BCUT2D eigenvalue weighted by atomic mass is 16.5. The van der Waals surface area contributed by atoms with Gasteiger partial charge in [-0.05, 0) is 48.2 Å². The van der Waals surface area contributed by atoms with Crippen LogP contribution in [0, 0.1) is 11.8 Å². The lowest BCUT2D eigenvalue weighted by Gasteiger charge is -2.45. The Balaban J connectivity index is 1.37. The molecule has 0 saturated carbocycles. The zero-order valence-electron chi connectivity index (χ0n) is 19.3.